The molecule has 0 spiro atoms. The molecule has 0 bridgehead atoms. The van der Waals surface area contributed by atoms with Crippen molar-refractivity contribution in [2.24, 2.45) is 5.16 Å². The number of nitrogens with zero attached hydrogens (tertiary/aromatic N) is 7. The van der Waals surface area contributed by atoms with Crippen molar-refractivity contribution in [1.82, 2.24) is 29.0 Å². The van der Waals surface area contributed by atoms with Crippen LogP contribution < -0.4 is 4.74 Å². The van der Waals surface area contributed by atoms with Gasteiger partial charge in [-0.1, -0.05) is 5.16 Å². The van der Waals surface area contributed by atoms with Crippen molar-refractivity contribution in [3.05, 3.63) is 53.2 Å². The van der Waals surface area contributed by atoms with Crippen molar-refractivity contribution in [3.63, 3.8) is 0 Å². The summed E-state index contributed by atoms with van der Waals surface area (Å²) in [6.07, 6.45) is 4.42. The molecule has 1 aromatic carbocycles. The zero-order chi connectivity index (χ0) is 22.7. The van der Waals surface area contributed by atoms with Crippen LogP contribution in [0.4, 0.5) is 0 Å². The molecule has 4 rings (SSSR count). The second-order valence-electron chi connectivity index (χ2n) is 8.04. The number of rotatable bonds is 9. The summed E-state index contributed by atoms with van der Waals surface area (Å²) < 4.78 is 9.14. The molecule has 9 heteroatoms. The molecule has 0 aliphatic heterocycles. The number of aryl methyl sites for hydroxylation is 2. The fraction of sp³-hybridized carbons (Fsp3) is 0.391. The van der Waals surface area contributed by atoms with Crippen LogP contribution in [0.1, 0.15) is 29.1 Å². The maximum atomic E-state index is 5.43. The van der Waals surface area contributed by atoms with Crippen LogP contribution in [0.3, 0.4) is 0 Å². The van der Waals surface area contributed by atoms with Gasteiger partial charge in [0.2, 0.25) is 0 Å². The first-order valence-electron chi connectivity index (χ1n) is 10.6. The molecule has 0 unspecified atom stereocenters. The van der Waals surface area contributed by atoms with Crippen LogP contribution in [0, 0.1) is 13.8 Å². The predicted molar refractivity (Wildman–Crippen MR) is 124 cm³/mol. The number of aromatic nitrogens is 5. The molecule has 32 heavy (non-hydrogen) atoms. The Morgan fingerprint density at radius 1 is 1.12 bits per heavy atom. The summed E-state index contributed by atoms with van der Waals surface area (Å²) in [5.74, 6) is 1.36. The molecule has 9 nitrogen and oxygen atoms in total. The fourth-order valence-corrected chi connectivity index (χ4v) is 3.74. The van der Waals surface area contributed by atoms with Gasteiger partial charge in [-0.25, -0.2) is 14.5 Å². The Bertz CT molecular complexity index is 1240. The average molecular weight is 436 g/mol. The average Bonchev–Trinajstić information content (AvgIpc) is 3.31. The maximum Gasteiger partial charge on any atom is 0.192 e. The molecule has 0 saturated heterocycles. The van der Waals surface area contributed by atoms with Gasteiger partial charge in [-0.15, -0.1) is 5.10 Å². The molecule has 0 atom stereocenters. The largest absolute Gasteiger partial charge is 0.497 e. The van der Waals surface area contributed by atoms with E-state index < -0.39 is 0 Å². The molecule has 0 N–H and O–H groups in total. The summed E-state index contributed by atoms with van der Waals surface area (Å²) in [5.41, 5.74) is 5.05. The minimum atomic E-state index is 0.178. The lowest BCUT2D eigenvalue weighted by Crippen LogP contribution is -2.15. The van der Waals surface area contributed by atoms with E-state index in [4.69, 9.17) is 14.6 Å². The first-order chi connectivity index (χ1) is 15.5. The van der Waals surface area contributed by atoms with Crippen molar-refractivity contribution < 1.29 is 9.57 Å². The van der Waals surface area contributed by atoms with Gasteiger partial charge in [-0.2, -0.15) is 0 Å². The number of fused-ring (bicyclic) bond motifs is 3. The SMILES string of the molecule is COc1ccc(/C=N/OCc2nc3c4c(C)c(C)n(CCCN(C)C)c4ncn3n2)cc1. The van der Waals surface area contributed by atoms with Crippen LogP contribution in [-0.4, -0.2) is 63.0 Å². The number of ether oxygens (including phenoxy) is 1. The second-order valence-corrected chi connectivity index (χ2v) is 8.04. The third-order valence-electron chi connectivity index (χ3n) is 5.56. The Balaban J connectivity index is 1.51. The summed E-state index contributed by atoms with van der Waals surface area (Å²) in [5, 5.41) is 9.57. The van der Waals surface area contributed by atoms with Gasteiger partial charge in [-0.05, 0) is 76.3 Å². The predicted octanol–water partition coefficient (Wildman–Crippen LogP) is 3.21. The monoisotopic (exact) mass is 435 g/mol. The van der Waals surface area contributed by atoms with Crippen molar-refractivity contribution in [2.45, 2.75) is 33.4 Å². The maximum absolute atomic E-state index is 5.43. The molecule has 0 fully saturated rings. The van der Waals surface area contributed by atoms with E-state index in [2.05, 4.69) is 52.6 Å². The first-order valence-corrected chi connectivity index (χ1v) is 10.6. The van der Waals surface area contributed by atoms with Crippen LogP contribution in [0.25, 0.3) is 16.7 Å². The Morgan fingerprint density at radius 2 is 1.91 bits per heavy atom. The van der Waals surface area contributed by atoms with Crippen molar-refractivity contribution in [1.29, 1.82) is 0 Å². The lowest BCUT2D eigenvalue weighted by atomic mass is 10.2. The minimum Gasteiger partial charge on any atom is -0.497 e. The van der Waals surface area contributed by atoms with E-state index in [1.807, 2.05) is 24.3 Å². The van der Waals surface area contributed by atoms with Gasteiger partial charge in [0.05, 0.1) is 18.7 Å². The van der Waals surface area contributed by atoms with Crippen LogP contribution in [-0.2, 0) is 18.0 Å². The molecule has 0 saturated carbocycles. The topological polar surface area (TPSA) is 82.1 Å². The zero-order valence-electron chi connectivity index (χ0n) is 19.2. The fourth-order valence-electron chi connectivity index (χ4n) is 3.74. The normalized spacial score (nSPS) is 11.9. The lowest BCUT2D eigenvalue weighted by Gasteiger charge is -2.11. The van der Waals surface area contributed by atoms with Gasteiger partial charge in [0, 0.05) is 12.2 Å². The molecule has 3 aromatic heterocycles. The number of hydrogen-bond donors (Lipinski definition) is 0. The third-order valence-corrected chi connectivity index (χ3v) is 5.56. The molecular weight excluding hydrogens is 406 g/mol. The third kappa shape index (κ3) is 4.43. The molecule has 0 aliphatic rings. The first kappa shape index (κ1) is 21.8. The lowest BCUT2D eigenvalue weighted by molar-refractivity contribution is 0.126. The van der Waals surface area contributed by atoms with Crippen LogP contribution in [0.2, 0.25) is 0 Å². The summed E-state index contributed by atoms with van der Waals surface area (Å²) in [6.45, 7) is 6.38. The Kier molecular flexibility index (Phi) is 6.36. The Hall–Kier alpha value is -3.46. The van der Waals surface area contributed by atoms with E-state index in [1.165, 1.54) is 11.3 Å². The van der Waals surface area contributed by atoms with Gasteiger partial charge in [0.15, 0.2) is 18.1 Å². The molecule has 0 aliphatic carbocycles. The number of benzene rings is 1. The number of oxime groups is 1. The highest BCUT2D eigenvalue weighted by molar-refractivity contribution is 5.93. The zero-order valence-corrected chi connectivity index (χ0v) is 19.2. The van der Waals surface area contributed by atoms with Crippen LogP contribution in [0.15, 0.2) is 35.7 Å². The summed E-state index contributed by atoms with van der Waals surface area (Å²) >= 11 is 0. The Labute approximate surface area is 187 Å². The van der Waals surface area contributed by atoms with Crippen molar-refractivity contribution in [3.8, 4) is 5.75 Å². The van der Waals surface area contributed by atoms with Crippen LogP contribution >= 0.6 is 0 Å². The van der Waals surface area contributed by atoms with Gasteiger partial charge in [0.1, 0.15) is 17.7 Å². The second kappa shape index (κ2) is 9.35. The Morgan fingerprint density at radius 3 is 2.62 bits per heavy atom. The molecule has 4 aromatic rings. The van der Waals surface area contributed by atoms with Gasteiger partial charge >= 0.3 is 0 Å². The van der Waals surface area contributed by atoms with E-state index in [9.17, 15) is 0 Å². The van der Waals surface area contributed by atoms with E-state index in [1.54, 1.807) is 24.2 Å². The standard InChI is InChI=1S/C23H29N7O2/c1-16-17(2)29(12-6-11-28(3)4)22-21(16)23-26-20(27-30(23)15-24-22)14-32-25-13-18-7-9-19(31-5)10-8-18/h7-10,13,15H,6,11-12,14H2,1-5H3/b25-13+. The van der Waals surface area contributed by atoms with Crippen LogP contribution in [0.5, 0.6) is 5.75 Å². The van der Waals surface area contributed by atoms with E-state index in [-0.39, 0.29) is 6.61 Å². The van der Waals surface area contributed by atoms with Gasteiger partial charge in [0.25, 0.3) is 0 Å². The highest BCUT2D eigenvalue weighted by atomic mass is 16.6. The van der Waals surface area contributed by atoms with E-state index >= 15 is 0 Å². The summed E-state index contributed by atoms with van der Waals surface area (Å²) in [6, 6.07) is 7.57. The van der Waals surface area contributed by atoms with Gasteiger partial charge < -0.3 is 19.0 Å². The van der Waals surface area contributed by atoms with Crippen molar-refractivity contribution >= 4 is 22.9 Å². The molecule has 3 heterocycles. The quantitative estimate of drug-likeness (QED) is 0.297. The molecule has 0 radical (unpaired) electrons. The highest BCUT2D eigenvalue weighted by Gasteiger charge is 2.18. The number of hydrogen-bond acceptors (Lipinski definition) is 7. The molecule has 0 amide bonds. The highest BCUT2D eigenvalue weighted by Crippen LogP contribution is 2.27. The van der Waals surface area contributed by atoms with Crippen molar-refractivity contribution in [2.75, 3.05) is 27.7 Å². The smallest absolute Gasteiger partial charge is 0.192 e. The van der Waals surface area contributed by atoms with E-state index in [0.717, 1.165) is 47.5 Å². The number of methoxy groups -OCH3 is 1. The molecular formula is C23H29N7O2. The molecule has 168 valence electrons. The minimum absolute atomic E-state index is 0.178. The van der Waals surface area contributed by atoms with Gasteiger partial charge in [-0.3, -0.25) is 0 Å². The van der Waals surface area contributed by atoms with E-state index in [0.29, 0.717) is 5.82 Å². The summed E-state index contributed by atoms with van der Waals surface area (Å²) in [7, 11) is 5.82. The summed E-state index contributed by atoms with van der Waals surface area (Å²) in [4.78, 5) is 17.0.